The van der Waals surface area contributed by atoms with E-state index in [4.69, 9.17) is 37.1 Å². The number of benzene rings is 11. The minimum absolute atomic E-state index is 0. The predicted molar refractivity (Wildman–Crippen MR) is 549 cm³/mol. The van der Waals surface area contributed by atoms with Crippen LogP contribution in [0.5, 0.6) is 0 Å². The van der Waals surface area contributed by atoms with Crippen molar-refractivity contribution in [1.82, 2.24) is 54.8 Å². The number of furan rings is 2. The molecule has 1 atom stereocenters. The molecule has 11 heterocycles. The fourth-order valence-corrected chi connectivity index (χ4v) is 14.7. The summed E-state index contributed by atoms with van der Waals surface area (Å²) in [7, 11) is 0. The molecule has 0 amide bonds. The van der Waals surface area contributed by atoms with Crippen molar-refractivity contribution >= 4 is 60.8 Å². The van der Waals surface area contributed by atoms with Crippen molar-refractivity contribution in [1.29, 1.82) is 0 Å². The molecule has 15 nitrogen and oxygen atoms in total. The number of hydrogen-bond acceptors (Lipinski definition) is 15. The van der Waals surface area contributed by atoms with Crippen molar-refractivity contribution in [2.45, 2.75) is 74.5 Å². The Labute approximate surface area is 887 Å². The van der Waals surface area contributed by atoms with E-state index in [1.807, 2.05) is 238 Å². The van der Waals surface area contributed by atoms with Crippen LogP contribution in [0.4, 0.5) is 8.78 Å². The molecule has 142 heavy (non-hydrogen) atoms. The van der Waals surface area contributed by atoms with E-state index in [0.717, 1.165) is 145 Å². The zero-order valence-corrected chi connectivity index (χ0v) is 87.6. The van der Waals surface area contributed by atoms with Gasteiger partial charge in [-0.2, -0.15) is 0 Å². The van der Waals surface area contributed by atoms with E-state index in [2.05, 4.69) is 127 Å². The summed E-state index contributed by atoms with van der Waals surface area (Å²) >= 11 is 0. The minimum Gasteiger partial charge on any atom is -0.512 e. The number of aliphatic hydroxyl groups excluding tert-OH is 1. The molecule has 0 spiro atoms. The van der Waals surface area contributed by atoms with Crippen LogP contribution in [0.25, 0.3) is 179 Å². The summed E-state index contributed by atoms with van der Waals surface area (Å²) in [5, 5.41) is 13.4. The molecule has 0 fully saturated rings. The largest absolute Gasteiger partial charge is 0.512 e. The van der Waals surface area contributed by atoms with Crippen LogP contribution in [0.3, 0.4) is 0 Å². The number of carbonyl (C=O) groups excluding carboxylic acids is 1. The van der Waals surface area contributed by atoms with E-state index in [9.17, 15) is 13.6 Å². The van der Waals surface area contributed by atoms with Gasteiger partial charge < -0.3 is 38.9 Å². The molecule has 0 saturated carbocycles. The third-order valence-electron chi connectivity index (χ3n) is 21.8. The van der Waals surface area contributed by atoms with Crippen molar-refractivity contribution in [2.24, 2.45) is 0 Å². The molecule has 11 aromatic carbocycles. The van der Waals surface area contributed by atoms with Gasteiger partial charge in [0.2, 0.25) is 11.4 Å². The summed E-state index contributed by atoms with van der Waals surface area (Å²) in [5.74, 6) is -0.278. The van der Waals surface area contributed by atoms with Gasteiger partial charge in [-0.1, -0.05) is 223 Å². The third kappa shape index (κ3) is 27.9. The van der Waals surface area contributed by atoms with Crippen molar-refractivity contribution in [2.75, 3.05) is 0 Å². The molecule has 0 bridgehead atoms. The van der Waals surface area contributed by atoms with E-state index in [0.29, 0.717) is 51.2 Å². The number of aliphatic hydroxyl groups is 1. The maximum absolute atomic E-state index is 13.2. The zero-order chi connectivity index (χ0) is 101. The normalized spacial score (nSPS) is 11.8. The van der Waals surface area contributed by atoms with Crippen LogP contribution < -0.4 is 0 Å². The fourth-order valence-electron chi connectivity index (χ4n) is 14.7. The number of aryl methyl sites for hydroxylation is 5. The first-order chi connectivity index (χ1) is 69.5. The SMILES string of the molecule is CC(=O)C=C(C)O.Cc1ccc(-c2nc(-c3c[c-]c(-c4ccccn4)cc3)nc(-c3ccc(C)cc3)n2)cc1.Cc1ccc2c(n1)oc1c(-c3cc(-c4ccc(F)cc4)ccn3)[c-]ccc12.Cc1ccc2c(n1)oc1c(-c3cc(-c4ccc(F)cc4)ccn3)[c-]ccc12.[2H]C([2H])(C)c1c[c-]c(-c2ccccn2)cc1.[2H]C([2H])([2H])C([2H])(C)c1c[c-]c(-c2ccccn2)cc1.[Ir].[Ir].[Ir].[Ir].[c-]1ccccc1-c1ccc2ccccc2n1. The van der Waals surface area contributed by atoms with E-state index in [-0.39, 0.29) is 104 Å². The van der Waals surface area contributed by atoms with Crippen LogP contribution in [-0.4, -0.2) is 65.7 Å². The Morgan fingerprint density at radius 2 is 0.831 bits per heavy atom. The van der Waals surface area contributed by atoms with Crippen LogP contribution in [0.15, 0.2) is 391 Å². The number of carbonyl (C=O) groups is 1. The van der Waals surface area contributed by atoms with Gasteiger partial charge in [0.25, 0.3) is 0 Å². The summed E-state index contributed by atoms with van der Waals surface area (Å²) < 4.78 is 83.9. The quantitative estimate of drug-likeness (QED) is 0.0611. The molecule has 712 valence electrons. The van der Waals surface area contributed by atoms with E-state index < -0.39 is 19.1 Å². The Morgan fingerprint density at radius 1 is 0.394 bits per heavy atom. The Hall–Kier alpha value is -14.8. The van der Waals surface area contributed by atoms with Crippen LogP contribution in [-0.2, 0) is 91.6 Å². The molecule has 0 aliphatic carbocycles. The summed E-state index contributed by atoms with van der Waals surface area (Å²) in [5.41, 5.74) is 25.7. The van der Waals surface area contributed by atoms with Gasteiger partial charge in [0, 0.05) is 159 Å². The van der Waals surface area contributed by atoms with Crippen LogP contribution in [0, 0.1) is 75.7 Å². The number of hydrogen-bond donors (Lipinski definition) is 1. The molecule has 21 heteroatoms. The Bertz CT molecular complexity index is 7950. The summed E-state index contributed by atoms with van der Waals surface area (Å²) in [4.78, 5) is 59.8. The Kier molecular flexibility index (Phi) is 35.2. The first kappa shape index (κ1) is 97.4. The van der Waals surface area contributed by atoms with E-state index >= 15 is 0 Å². The number of para-hydroxylation sites is 1. The first-order valence-electron chi connectivity index (χ1n) is 47.3. The number of aromatic nitrogens is 11. The average Bonchev–Trinajstić information content (AvgIpc) is 1.63. The molecule has 1 unspecified atom stereocenters. The second-order valence-electron chi connectivity index (χ2n) is 32.0. The number of allylic oxidation sites excluding steroid dienone is 2. The van der Waals surface area contributed by atoms with Crippen molar-refractivity contribution < 1.29 is 116 Å². The standard InChI is InChI=1S/C28H21N4.2C23H14FN2O.C15H10N.C14H14N.C13H12N.C5H8O2.4Ir/c1-19-6-10-22(11-7-19)26-30-27(23-12-8-20(2)9-13-23)32-28(31-26)24-16-14-21(15-17-24)25-5-3-4-18-29-25;2*1-14-5-10-19-18-3-2-4-20(22(18)27-23(19)26-14)21-13-16(11-12-25-21)15-6-8-17(24)9-7-15;1-2-6-12(7-3-1)15-11-10-13-8-4-5-9-14(13)16-15;1-11(2)12-6-8-13(9-7-12)14-5-3-4-10-15-14;1-2-11-6-8-12(9-7-11)13-5-3-4-10-14-13;1-4(6)3-5(2)7;;;;/h3-14,16-18H,1-2H3;2*2-3,5-13H,1H3;1-6,8-11H;3-8,10-11H,1-2H3;3-8,10H,2H2,1H3;3,6H,1-2H3;;;;/q6*-1;;;;;/i;;;;1D3,11D;2D2;;;;;. The molecule has 11 aromatic heterocycles. The molecule has 0 aliphatic rings. The minimum atomic E-state index is -2.37. The topological polar surface area (TPSA) is 205 Å². The van der Waals surface area contributed by atoms with Gasteiger partial charge in [-0.15, -0.1) is 173 Å². The molecule has 22 aromatic rings. The van der Waals surface area contributed by atoms with E-state index in [1.165, 1.54) is 74.5 Å². The molecule has 22 rings (SSSR count). The number of fused-ring (bicyclic) bond motifs is 7. The van der Waals surface area contributed by atoms with Crippen molar-refractivity contribution in [3.8, 4) is 124 Å². The monoisotopic (exact) mass is 2580 g/mol. The Morgan fingerprint density at radius 3 is 1.25 bits per heavy atom. The molecule has 0 saturated heterocycles. The summed E-state index contributed by atoms with van der Waals surface area (Å²) in [6, 6.07) is 125. The van der Waals surface area contributed by atoms with Gasteiger partial charge in [0.05, 0.1) is 22.4 Å². The number of halogens is 2. The third-order valence-corrected chi connectivity index (χ3v) is 21.8. The van der Waals surface area contributed by atoms with Crippen molar-refractivity contribution in [3.63, 3.8) is 0 Å². The molecular weight excluding hydrogens is 2480 g/mol. The second kappa shape index (κ2) is 51.4. The van der Waals surface area contributed by atoms with Gasteiger partial charge >= 0.3 is 0 Å². The maximum Gasteiger partial charge on any atom is 0.216 e. The average molecular weight is 2580 g/mol. The van der Waals surface area contributed by atoms with Gasteiger partial charge in [-0.25, -0.2) is 33.7 Å². The number of pyridine rings is 8. The maximum atomic E-state index is 13.2. The van der Waals surface area contributed by atoms with Gasteiger partial charge in [-0.3, -0.25) is 9.78 Å². The fraction of sp³-hybridized carbons (Fsp3) is 0.0909. The number of ketones is 1. The predicted octanol–water partition coefficient (Wildman–Crippen LogP) is 29.8. The number of nitrogens with zero attached hydrogens (tertiary/aromatic N) is 11. The smallest absolute Gasteiger partial charge is 0.216 e. The zero-order valence-electron chi connectivity index (χ0n) is 84.0. The van der Waals surface area contributed by atoms with Gasteiger partial charge in [-0.05, 0) is 188 Å². The van der Waals surface area contributed by atoms with Crippen molar-refractivity contribution in [3.05, 3.63) is 464 Å². The summed E-state index contributed by atoms with van der Waals surface area (Å²) in [6.07, 6.45) is 8.53. The molecule has 1 N–H and O–H groups in total. The molecule has 0 aliphatic heterocycles. The number of rotatable bonds is 14. The van der Waals surface area contributed by atoms with E-state index in [1.54, 1.807) is 85.6 Å². The van der Waals surface area contributed by atoms with Gasteiger partial charge in [0.15, 0.2) is 17.4 Å². The first-order valence-corrected chi connectivity index (χ1v) is 44.3. The van der Waals surface area contributed by atoms with Crippen LogP contribution in [0.2, 0.25) is 0 Å². The molecular formula is C121H93F2Ir4N11O4-6. The van der Waals surface area contributed by atoms with Gasteiger partial charge in [0.1, 0.15) is 17.5 Å². The van der Waals surface area contributed by atoms with Crippen LogP contribution >= 0.6 is 0 Å². The molecule has 4 radical (unpaired) electrons. The Balaban J connectivity index is 0.000000157. The van der Waals surface area contributed by atoms with Crippen LogP contribution in [0.1, 0.15) is 82.3 Å². The summed E-state index contributed by atoms with van der Waals surface area (Å²) in [6.45, 7) is 11.4. The second-order valence-corrected chi connectivity index (χ2v) is 32.0.